The number of carbonyl (C=O) groups is 1. The van der Waals surface area contributed by atoms with Crippen LogP contribution < -0.4 is 27.0 Å². The molecule has 3 nitrogen and oxygen atoms in total. The Labute approximate surface area is 167 Å². The van der Waals surface area contributed by atoms with Gasteiger partial charge < -0.3 is 27.0 Å². The molecule has 0 spiro atoms. The van der Waals surface area contributed by atoms with E-state index in [0.29, 0.717) is 12.2 Å². The lowest BCUT2D eigenvalue weighted by molar-refractivity contribution is -0.561. The molecular formula is C22H28BrNO2. The third-order valence-corrected chi connectivity index (χ3v) is 3.93. The van der Waals surface area contributed by atoms with Gasteiger partial charge in [-0.15, -0.1) is 0 Å². The number of nitrogens with two attached hydrogens (primary N) is 1. The molecule has 0 aromatic heterocycles. The fourth-order valence-corrected chi connectivity index (χ4v) is 2.51. The van der Waals surface area contributed by atoms with E-state index in [1.807, 2.05) is 48.5 Å². The second-order valence-corrected chi connectivity index (χ2v) is 6.37. The molecule has 2 rings (SSSR count). The average Bonchev–Trinajstić information content (AvgIpc) is 2.62. The van der Waals surface area contributed by atoms with Crippen LogP contribution >= 0.6 is 0 Å². The third-order valence-electron chi connectivity index (χ3n) is 3.93. The van der Waals surface area contributed by atoms with Crippen molar-refractivity contribution in [1.29, 1.82) is 0 Å². The van der Waals surface area contributed by atoms with Crippen molar-refractivity contribution >= 4 is 11.5 Å². The van der Waals surface area contributed by atoms with E-state index in [4.69, 9.17) is 4.74 Å². The second kappa shape index (κ2) is 11.7. The molecule has 26 heavy (non-hydrogen) atoms. The number of allylic oxidation sites excluding steroid dienone is 1. The van der Waals surface area contributed by atoms with Crippen LogP contribution in [0.4, 0.5) is 5.69 Å². The quantitative estimate of drug-likeness (QED) is 0.289. The Morgan fingerprint density at radius 3 is 2.50 bits per heavy atom. The van der Waals surface area contributed by atoms with Crippen molar-refractivity contribution in [2.75, 3.05) is 13.2 Å². The summed E-state index contributed by atoms with van der Waals surface area (Å²) in [5, 5.41) is 2.09. The Bertz CT molecular complexity index is 722. The molecule has 0 atom stereocenters. The van der Waals surface area contributed by atoms with Crippen LogP contribution in [-0.4, -0.2) is 18.9 Å². The monoisotopic (exact) mass is 417 g/mol. The lowest BCUT2D eigenvalue weighted by atomic mass is 10.0. The summed E-state index contributed by atoms with van der Waals surface area (Å²) in [6.07, 6.45) is 4.28. The molecule has 0 aliphatic heterocycles. The summed E-state index contributed by atoms with van der Waals surface area (Å²) in [6.45, 7) is 7.80. The van der Waals surface area contributed by atoms with Crippen molar-refractivity contribution in [3.05, 3.63) is 71.3 Å². The van der Waals surface area contributed by atoms with Gasteiger partial charge in [0.1, 0.15) is 11.4 Å². The van der Waals surface area contributed by atoms with Gasteiger partial charge in [-0.1, -0.05) is 49.2 Å². The molecule has 0 radical (unpaired) electrons. The van der Waals surface area contributed by atoms with Gasteiger partial charge in [0.25, 0.3) is 0 Å². The van der Waals surface area contributed by atoms with E-state index in [1.165, 1.54) is 5.57 Å². The van der Waals surface area contributed by atoms with Crippen molar-refractivity contribution in [1.82, 2.24) is 0 Å². The molecule has 4 heteroatoms. The van der Waals surface area contributed by atoms with E-state index in [2.05, 4.69) is 32.2 Å². The first kappa shape index (κ1) is 22.1. The van der Waals surface area contributed by atoms with Gasteiger partial charge >= 0.3 is 0 Å². The highest BCUT2D eigenvalue weighted by atomic mass is 79.9. The molecule has 0 fully saturated rings. The number of ether oxygens (including phenoxy) is 1. The van der Waals surface area contributed by atoms with Gasteiger partial charge in [0.2, 0.25) is 0 Å². The number of rotatable bonds is 9. The predicted octanol–water partition coefficient (Wildman–Crippen LogP) is 1.26. The largest absolute Gasteiger partial charge is 1.00 e. The van der Waals surface area contributed by atoms with Crippen LogP contribution in [0.1, 0.15) is 49.5 Å². The number of unbranched alkanes of at least 4 members (excludes halogenated alkanes) is 1. The van der Waals surface area contributed by atoms with Crippen LogP contribution in [0.5, 0.6) is 5.75 Å². The first-order valence-corrected chi connectivity index (χ1v) is 8.95. The van der Waals surface area contributed by atoms with E-state index in [-0.39, 0.29) is 22.8 Å². The van der Waals surface area contributed by atoms with Crippen molar-refractivity contribution < 1.29 is 31.8 Å². The number of hydrogen-bond acceptors (Lipinski definition) is 2. The summed E-state index contributed by atoms with van der Waals surface area (Å²) in [6, 6.07) is 15.2. The zero-order valence-corrected chi connectivity index (χ0v) is 17.4. The third kappa shape index (κ3) is 6.77. The molecule has 140 valence electrons. The SMILES string of the molecule is CCCCOc1ccc(C(=O)c2ccccc2)c([NH2+]CC=C(C)C)c1.[Br-]. The molecule has 0 amide bonds. The topological polar surface area (TPSA) is 42.9 Å². The molecular weight excluding hydrogens is 390 g/mol. The fourth-order valence-electron chi connectivity index (χ4n) is 2.51. The van der Waals surface area contributed by atoms with E-state index in [9.17, 15) is 4.79 Å². The van der Waals surface area contributed by atoms with E-state index in [1.54, 1.807) is 0 Å². The van der Waals surface area contributed by atoms with Gasteiger partial charge in [0.05, 0.1) is 18.7 Å². The highest BCUT2D eigenvalue weighted by Crippen LogP contribution is 2.22. The molecule has 0 aliphatic rings. The molecule has 2 N–H and O–H groups in total. The Morgan fingerprint density at radius 1 is 1.12 bits per heavy atom. The van der Waals surface area contributed by atoms with Crippen molar-refractivity contribution in [3.8, 4) is 5.75 Å². The number of ketones is 1. The maximum Gasteiger partial charge on any atom is 0.199 e. The molecule has 2 aromatic rings. The van der Waals surface area contributed by atoms with Crippen molar-refractivity contribution in [3.63, 3.8) is 0 Å². The van der Waals surface area contributed by atoms with Crippen molar-refractivity contribution in [2.24, 2.45) is 0 Å². The Balaban J connectivity index is 0.00000338. The standard InChI is InChI=1S/C22H27NO2.BrH/c1-4-5-15-25-19-11-12-20(21(16-19)23-14-13-17(2)3)22(24)18-9-7-6-8-10-18;/h6-13,16,23H,4-5,14-15H2,1-3H3;1H. The van der Waals surface area contributed by atoms with Crippen LogP contribution in [0.25, 0.3) is 0 Å². The van der Waals surface area contributed by atoms with Crippen LogP contribution in [0.3, 0.4) is 0 Å². The van der Waals surface area contributed by atoms with Gasteiger partial charge in [0, 0.05) is 11.6 Å². The van der Waals surface area contributed by atoms with E-state index >= 15 is 0 Å². The summed E-state index contributed by atoms with van der Waals surface area (Å²) in [5.41, 5.74) is 3.62. The van der Waals surface area contributed by atoms with Crippen LogP contribution in [-0.2, 0) is 0 Å². The van der Waals surface area contributed by atoms with Crippen molar-refractivity contribution in [2.45, 2.75) is 33.6 Å². The number of benzene rings is 2. The highest BCUT2D eigenvalue weighted by Gasteiger charge is 2.17. The van der Waals surface area contributed by atoms with Gasteiger partial charge in [0.15, 0.2) is 5.78 Å². The minimum atomic E-state index is 0. The Hall–Kier alpha value is -1.91. The smallest absolute Gasteiger partial charge is 0.199 e. The first-order chi connectivity index (χ1) is 12.1. The van der Waals surface area contributed by atoms with Crippen LogP contribution in [0.2, 0.25) is 0 Å². The maximum absolute atomic E-state index is 12.9. The van der Waals surface area contributed by atoms with Gasteiger partial charge in [-0.2, -0.15) is 0 Å². The van der Waals surface area contributed by atoms with E-state index < -0.39 is 0 Å². The van der Waals surface area contributed by atoms with Crippen LogP contribution in [0.15, 0.2) is 60.2 Å². The fraction of sp³-hybridized carbons (Fsp3) is 0.318. The Morgan fingerprint density at radius 2 is 1.85 bits per heavy atom. The molecule has 0 unspecified atom stereocenters. The lowest BCUT2D eigenvalue weighted by Crippen LogP contribution is -3.00. The molecule has 0 saturated carbocycles. The zero-order chi connectivity index (χ0) is 18.1. The molecule has 0 bridgehead atoms. The Kier molecular flexibility index (Phi) is 9.92. The summed E-state index contributed by atoms with van der Waals surface area (Å²) >= 11 is 0. The molecule has 0 aliphatic carbocycles. The number of carbonyl (C=O) groups excluding carboxylic acids is 1. The number of quaternary nitrogens is 1. The van der Waals surface area contributed by atoms with Gasteiger partial charge in [-0.05, 0) is 38.5 Å². The average molecular weight is 418 g/mol. The normalized spacial score (nSPS) is 9.96. The molecule has 0 heterocycles. The minimum absolute atomic E-state index is 0. The predicted molar refractivity (Wildman–Crippen MR) is 103 cm³/mol. The van der Waals surface area contributed by atoms with Gasteiger partial charge in [-0.25, -0.2) is 0 Å². The summed E-state index contributed by atoms with van der Waals surface area (Å²) in [5.74, 6) is 0.866. The number of hydrogen-bond donors (Lipinski definition) is 1. The van der Waals surface area contributed by atoms with Crippen LogP contribution in [0, 0.1) is 0 Å². The first-order valence-electron chi connectivity index (χ1n) is 8.95. The van der Waals surface area contributed by atoms with Gasteiger partial charge in [-0.3, -0.25) is 4.79 Å². The maximum atomic E-state index is 12.9. The lowest BCUT2D eigenvalue weighted by Gasteiger charge is -2.10. The summed E-state index contributed by atoms with van der Waals surface area (Å²) < 4.78 is 5.81. The minimum Gasteiger partial charge on any atom is -1.00 e. The zero-order valence-electron chi connectivity index (χ0n) is 15.8. The summed E-state index contributed by atoms with van der Waals surface area (Å²) in [7, 11) is 0. The number of halogens is 1. The van der Waals surface area contributed by atoms with E-state index in [0.717, 1.165) is 36.4 Å². The highest BCUT2D eigenvalue weighted by molar-refractivity contribution is 6.11. The molecule has 2 aromatic carbocycles. The molecule has 0 saturated heterocycles. The second-order valence-electron chi connectivity index (χ2n) is 6.37. The summed E-state index contributed by atoms with van der Waals surface area (Å²) in [4.78, 5) is 12.9.